The van der Waals surface area contributed by atoms with Crippen molar-refractivity contribution in [1.29, 1.82) is 0 Å². The van der Waals surface area contributed by atoms with Crippen LogP contribution >= 0.6 is 15.9 Å². The molecule has 94 valence electrons. The molecule has 1 aromatic heterocycles. The van der Waals surface area contributed by atoms with Crippen LogP contribution in [0, 0.1) is 0 Å². The van der Waals surface area contributed by atoms with Gasteiger partial charge in [0.05, 0.1) is 18.8 Å². The van der Waals surface area contributed by atoms with Crippen molar-refractivity contribution in [2.45, 2.75) is 50.5 Å². The highest BCUT2D eigenvalue weighted by Crippen LogP contribution is 2.29. The van der Waals surface area contributed by atoms with Gasteiger partial charge < -0.3 is 9.47 Å². The molecule has 1 aromatic rings. The minimum atomic E-state index is 0.00977. The zero-order chi connectivity index (χ0) is 11.7. The maximum atomic E-state index is 5.86. The van der Waals surface area contributed by atoms with Crippen molar-refractivity contribution < 1.29 is 9.47 Å². The third kappa shape index (κ3) is 2.72. The number of rotatable bonds is 3. The molecule has 1 saturated carbocycles. The smallest absolute Gasteiger partial charge is 0.158 e. The minimum Gasteiger partial charge on any atom is -0.350 e. The summed E-state index contributed by atoms with van der Waals surface area (Å²) in [6.07, 6.45) is 8.22. The lowest BCUT2D eigenvalue weighted by molar-refractivity contribution is -0.210. The Morgan fingerprint density at radius 3 is 2.76 bits per heavy atom. The molecule has 5 heteroatoms. The Kier molecular flexibility index (Phi) is 3.49. The Bertz CT molecular complexity index is 370. The maximum Gasteiger partial charge on any atom is 0.158 e. The summed E-state index contributed by atoms with van der Waals surface area (Å²) in [6.45, 7) is 0.700. The van der Waals surface area contributed by atoms with Crippen molar-refractivity contribution in [2.75, 3.05) is 6.61 Å². The van der Waals surface area contributed by atoms with Crippen LogP contribution in [0.3, 0.4) is 0 Å². The summed E-state index contributed by atoms with van der Waals surface area (Å²) >= 11 is 3.36. The maximum absolute atomic E-state index is 5.86. The van der Waals surface area contributed by atoms with E-state index in [1.54, 1.807) is 0 Å². The molecule has 1 saturated heterocycles. The molecule has 2 aliphatic rings. The van der Waals surface area contributed by atoms with Crippen molar-refractivity contribution in [3.63, 3.8) is 0 Å². The van der Waals surface area contributed by atoms with Gasteiger partial charge in [0.25, 0.3) is 0 Å². The Morgan fingerprint density at radius 2 is 2.24 bits per heavy atom. The van der Waals surface area contributed by atoms with Crippen LogP contribution < -0.4 is 0 Å². The molecule has 2 unspecified atom stereocenters. The van der Waals surface area contributed by atoms with Crippen LogP contribution in [-0.2, 0) is 9.47 Å². The normalized spacial score (nSPS) is 30.2. The fourth-order valence-corrected chi connectivity index (χ4v) is 2.57. The lowest BCUT2D eigenvalue weighted by Gasteiger charge is -2.34. The van der Waals surface area contributed by atoms with Gasteiger partial charge >= 0.3 is 0 Å². The number of halogens is 1. The van der Waals surface area contributed by atoms with E-state index >= 15 is 0 Å². The van der Waals surface area contributed by atoms with E-state index in [1.807, 2.05) is 16.9 Å². The van der Waals surface area contributed by atoms with Crippen molar-refractivity contribution in [3.8, 4) is 0 Å². The Morgan fingerprint density at radius 1 is 1.35 bits per heavy atom. The largest absolute Gasteiger partial charge is 0.350 e. The van der Waals surface area contributed by atoms with E-state index in [2.05, 4.69) is 21.0 Å². The van der Waals surface area contributed by atoms with Gasteiger partial charge in [-0.05, 0) is 47.7 Å². The fourth-order valence-electron chi connectivity index (χ4n) is 2.27. The summed E-state index contributed by atoms with van der Waals surface area (Å²) in [5.41, 5.74) is 0. The van der Waals surface area contributed by atoms with Crippen LogP contribution in [0.1, 0.15) is 38.1 Å². The SMILES string of the molecule is Brc1ccn(C2CCC(OC3CCC3)OC2)n1. The predicted molar refractivity (Wildman–Crippen MR) is 66.7 cm³/mol. The van der Waals surface area contributed by atoms with Crippen LogP contribution in [0.5, 0.6) is 0 Å². The lowest BCUT2D eigenvalue weighted by Crippen LogP contribution is -2.35. The van der Waals surface area contributed by atoms with E-state index in [9.17, 15) is 0 Å². The van der Waals surface area contributed by atoms with Crippen molar-refractivity contribution in [3.05, 3.63) is 16.9 Å². The van der Waals surface area contributed by atoms with Gasteiger partial charge in [-0.15, -0.1) is 0 Å². The first kappa shape index (κ1) is 11.7. The summed E-state index contributed by atoms with van der Waals surface area (Å²) < 4.78 is 14.5. The number of hydrogen-bond donors (Lipinski definition) is 0. The second-order valence-electron chi connectivity index (χ2n) is 4.80. The third-order valence-electron chi connectivity index (χ3n) is 3.56. The van der Waals surface area contributed by atoms with Crippen molar-refractivity contribution in [2.24, 2.45) is 0 Å². The molecule has 0 bridgehead atoms. The molecule has 0 spiro atoms. The summed E-state index contributed by atoms with van der Waals surface area (Å²) in [5.74, 6) is 0. The van der Waals surface area contributed by atoms with E-state index in [1.165, 1.54) is 19.3 Å². The molecular weight excluding hydrogens is 284 g/mol. The van der Waals surface area contributed by atoms with Gasteiger partial charge in [0.15, 0.2) is 6.29 Å². The Hall–Kier alpha value is -0.390. The average Bonchev–Trinajstić information content (AvgIpc) is 2.71. The molecule has 2 fully saturated rings. The molecule has 3 rings (SSSR count). The molecule has 0 radical (unpaired) electrons. The second kappa shape index (κ2) is 5.08. The fraction of sp³-hybridized carbons (Fsp3) is 0.750. The molecule has 0 amide bonds. The first-order valence-corrected chi connectivity index (χ1v) is 7.08. The van der Waals surface area contributed by atoms with Gasteiger partial charge in [-0.2, -0.15) is 5.10 Å². The van der Waals surface area contributed by atoms with Gasteiger partial charge in [0.1, 0.15) is 4.60 Å². The molecule has 0 N–H and O–H groups in total. The van der Waals surface area contributed by atoms with Crippen LogP contribution in [0.2, 0.25) is 0 Å². The van der Waals surface area contributed by atoms with E-state index in [0.29, 0.717) is 18.8 Å². The molecule has 0 aromatic carbocycles. The van der Waals surface area contributed by atoms with E-state index in [4.69, 9.17) is 9.47 Å². The van der Waals surface area contributed by atoms with Gasteiger partial charge in [0, 0.05) is 12.6 Å². The number of hydrogen-bond acceptors (Lipinski definition) is 3. The minimum absolute atomic E-state index is 0.00977. The second-order valence-corrected chi connectivity index (χ2v) is 5.61. The van der Waals surface area contributed by atoms with E-state index in [0.717, 1.165) is 17.4 Å². The summed E-state index contributed by atoms with van der Waals surface area (Å²) in [7, 11) is 0. The highest BCUT2D eigenvalue weighted by molar-refractivity contribution is 9.10. The van der Waals surface area contributed by atoms with Crippen LogP contribution in [-0.4, -0.2) is 28.8 Å². The van der Waals surface area contributed by atoms with Crippen LogP contribution in [0.4, 0.5) is 0 Å². The van der Waals surface area contributed by atoms with Gasteiger partial charge in [-0.25, -0.2) is 0 Å². The summed E-state index contributed by atoms with van der Waals surface area (Å²) in [6, 6.07) is 2.30. The molecule has 4 nitrogen and oxygen atoms in total. The Labute approximate surface area is 109 Å². The number of aromatic nitrogens is 2. The number of nitrogens with zero attached hydrogens (tertiary/aromatic N) is 2. The number of ether oxygens (including phenoxy) is 2. The predicted octanol–water partition coefficient (Wildman–Crippen LogP) is 2.89. The third-order valence-corrected chi connectivity index (χ3v) is 3.98. The monoisotopic (exact) mass is 300 g/mol. The van der Waals surface area contributed by atoms with Crippen LogP contribution in [0.25, 0.3) is 0 Å². The van der Waals surface area contributed by atoms with Crippen LogP contribution in [0.15, 0.2) is 16.9 Å². The van der Waals surface area contributed by atoms with Gasteiger partial charge in [0.2, 0.25) is 0 Å². The van der Waals surface area contributed by atoms with Crippen molar-refractivity contribution in [1.82, 2.24) is 9.78 Å². The van der Waals surface area contributed by atoms with Crippen molar-refractivity contribution >= 4 is 15.9 Å². The average molecular weight is 301 g/mol. The van der Waals surface area contributed by atoms with E-state index in [-0.39, 0.29) is 6.29 Å². The molecular formula is C12H17BrN2O2. The molecule has 17 heavy (non-hydrogen) atoms. The lowest BCUT2D eigenvalue weighted by atomic mass is 9.96. The summed E-state index contributed by atoms with van der Waals surface area (Å²) in [4.78, 5) is 0. The molecule has 1 aliphatic heterocycles. The highest BCUT2D eigenvalue weighted by atomic mass is 79.9. The highest BCUT2D eigenvalue weighted by Gasteiger charge is 2.28. The van der Waals surface area contributed by atoms with Gasteiger partial charge in [-0.3, -0.25) is 4.68 Å². The topological polar surface area (TPSA) is 36.3 Å². The first-order chi connectivity index (χ1) is 8.31. The van der Waals surface area contributed by atoms with E-state index < -0.39 is 0 Å². The zero-order valence-corrected chi connectivity index (χ0v) is 11.3. The Balaban J connectivity index is 1.49. The summed E-state index contributed by atoms with van der Waals surface area (Å²) in [5, 5.41) is 4.36. The zero-order valence-electron chi connectivity index (χ0n) is 9.72. The standard InChI is InChI=1S/C12H17BrN2O2/c13-11-6-7-15(14-11)9-4-5-12(16-8-9)17-10-2-1-3-10/h6-7,9-10,12H,1-5,8H2. The van der Waals surface area contributed by atoms with Gasteiger partial charge in [-0.1, -0.05) is 0 Å². The quantitative estimate of drug-likeness (QED) is 0.861. The molecule has 2 atom stereocenters. The first-order valence-electron chi connectivity index (χ1n) is 6.29. The molecule has 1 aliphatic carbocycles. The molecule has 2 heterocycles.